The minimum atomic E-state index is 0.944. The first-order chi connectivity index (χ1) is 4.91. The molecule has 0 bridgehead atoms. The number of rotatable bonds is 7. The first-order valence-corrected chi connectivity index (χ1v) is 5.11. The summed E-state index contributed by atoms with van der Waals surface area (Å²) in [5, 5.41) is 3.27. The molecular formula is C8H17NS. The van der Waals surface area contributed by atoms with Crippen molar-refractivity contribution in [1.29, 1.82) is 0 Å². The van der Waals surface area contributed by atoms with Crippen LogP contribution in [0.2, 0.25) is 0 Å². The van der Waals surface area contributed by atoms with Crippen molar-refractivity contribution in [3.63, 3.8) is 0 Å². The van der Waals surface area contributed by atoms with Gasteiger partial charge in [0.1, 0.15) is 0 Å². The molecule has 0 aliphatic carbocycles. The zero-order valence-corrected chi connectivity index (χ0v) is 7.54. The van der Waals surface area contributed by atoms with Gasteiger partial charge in [-0.1, -0.05) is 6.08 Å². The van der Waals surface area contributed by atoms with Gasteiger partial charge in [0.2, 0.25) is 0 Å². The summed E-state index contributed by atoms with van der Waals surface area (Å²) < 4.78 is 0. The molecule has 0 heterocycles. The molecule has 0 saturated heterocycles. The van der Waals surface area contributed by atoms with Crippen molar-refractivity contribution in [2.75, 3.05) is 25.1 Å². The molecule has 1 N–H and O–H groups in total. The van der Waals surface area contributed by atoms with Gasteiger partial charge in [-0.3, -0.25) is 0 Å². The summed E-state index contributed by atoms with van der Waals surface area (Å²) in [7, 11) is 0. The monoisotopic (exact) mass is 159 g/mol. The van der Waals surface area contributed by atoms with Crippen molar-refractivity contribution in [3.8, 4) is 0 Å². The van der Waals surface area contributed by atoms with Crippen LogP contribution in [0.4, 0.5) is 0 Å². The summed E-state index contributed by atoms with van der Waals surface area (Å²) in [6.45, 7) is 5.70. The molecule has 0 aromatic heterocycles. The molecule has 0 saturated carbocycles. The highest BCUT2D eigenvalue weighted by molar-refractivity contribution is 7.98. The zero-order chi connectivity index (χ0) is 7.66. The normalized spacial score (nSPS) is 9.70. The van der Waals surface area contributed by atoms with Crippen molar-refractivity contribution in [2.45, 2.75) is 12.8 Å². The van der Waals surface area contributed by atoms with Gasteiger partial charge >= 0.3 is 0 Å². The molecule has 0 fully saturated rings. The molecule has 0 radical (unpaired) electrons. The number of thioether (sulfide) groups is 1. The Hall–Kier alpha value is 0.0500. The van der Waals surface area contributed by atoms with Crippen LogP contribution in [-0.4, -0.2) is 25.1 Å². The van der Waals surface area contributed by atoms with Gasteiger partial charge in [-0.25, -0.2) is 0 Å². The minimum absolute atomic E-state index is 0.944. The van der Waals surface area contributed by atoms with Gasteiger partial charge in [-0.2, -0.15) is 11.8 Å². The van der Waals surface area contributed by atoms with Crippen LogP contribution in [-0.2, 0) is 0 Å². The van der Waals surface area contributed by atoms with Crippen molar-refractivity contribution in [1.82, 2.24) is 5.32 Å². The Morgan fingerprint density at radius 1 is 1.50 bits per heavy atom. The van der Waals surface area contributed by atoms with E-state index < -0.39 is 0 Å². The first-order valence-electron chi connectivity index (χ1n) is 3.72. The summed E-state index contributed by atoms with van der Waals surface area (Å²) in [6, 6.07) is 0. The first kappa shape index (κ1) is 10.0. The van der Waals surface area contributed by atoms with Crippen LogP contribution in [0.15, 0.2) is 12.7 Å². The van der Waals surface area contributed by atoms with Gasteiger partial charge in [-0.05, 0) is 31.4 Å². The highest BCUT2D eigenvalue weighted by atomic mass is 32.2. The zero-order valence-electron chi connectivity index (χ0n) is 6.73. The van der Waals surface area contributed by atoms with E-state index in [1.54, 1.807) is 0 Å². The van der Waals surface area contributed by atoms with Gasteiger partial charge in [0.05, 0.1) is 0 Å². The van der Waals surface area contributed by atoms with Crippen molar-refractivity contribution >= 4 is 11.8 Å². The lowest BCUT2D eigenvalue weighted by atomic mass is 10.3. The number of unbranched alkanes of at least 4 members (excludes halogenated alkanes) is 1. The van der Waals surface area contributed by atoms with E-state index in [9.17, 15) is 0 Å². The topological polar surface area (TPSA) is 12.0 Å². The van der Waals surface area contributed by atoms with Gasteiger partial charge in [0, 0.05) is 6.54 Å². The van der Waals surface area contributed by atoms with E-state index in [2.05, 4.69) is 18.2 Å². The fraction of sp³-hybridized carbons (Fsp3) is 0.750. The molecular weight excluding hydrogens is 142 g/mol. The van der Waals surface area contributed by atoms with E-state index in [0.29, 0.717) is 0 Å². The average Bonchev–Trinajstić information content (AvgIpc) is 1.97. The maximum atomic E-state index is 3.63. The molecule has 0 aromatic rings. The molecule has 0 aliphatic rings. The van der Waals surface area contributed by atoms with Gasteiger partial charge in [0.15, 0.2) is 0 Å². The summed E-state index contributed by atoms with van der Waals surface area (Å²) >= 11 is 1.92. The Bertz CT molecular complexity index is 73.7. The summed E-state index contributed by atoms with van der Waals surface area (Å²) in [6.07, 6.45) is 6.66. The number of hydrogen-bond donors (Lipinski definition) is 1. The Balaban J connectivity index is 2.70. The second-order valence-electron chi connectivity index (χ2n) is 2.19. The molecule has 60 valence electrons. The molecule has 0 unspecified atom stereocenters. The fourth-order valence-electron chi connectivity index (χ4n) is 0.701. The van der Waals surface area contributed by atoms with Crippen LogP contribution in [0.5, 0.6) is 0 Å². The standard InChI is InChI=1S/C8H17NS/c1-3-6-9-7-4-5-8-10-2/h3,9H,1,4-8H2,2H3. The quantitative estimate of drug-likeness (QED) is 0.450. The van der Waals surface area contributed by atoms with Crippen LogP contribution in [0.25, 0.3) is 0 Å². The maximum absolute atomic E-state index is 3.63. The third-order valence-corrected chi connectivity index (χ3v) is 1.94. The number of nitrogens with one attached hydrogen (secondary N) is 1. The Labute approximate surface area is 68.3 Å². The lowest BCUT2D eigenvalue weighted by molar-refractivity contribution is 0.685. The van der Waals surface area contributed by atoms with Crippen molar-refractivity contribution in [3.05, 3.63) is 12.7 Å². The van der Waals surface area contributed by atoms with Crippen LogP contribution in [0, 0.1) is 0 Å². The van der Waals surface area contributed by atoms with Crippen molar-refractivity contribution < 1.29 is 0 Å². The van der Waals surface area contributed by atoms with Crippen molar-refractivity contribution in [2.24, 2.45) is 0 Å². The predicted molar refractivity (Wildman–Crippen MR) is 50.7 cm³/mol. The Morgan fingerprint density at radius 3 is 2.90 bits per heavy atom. The van der Waals surface area contributed by atoms with E-state index in [0.717, 1.165) is 13.1 Å². The third-order valence-electron chi connectivity index (χ3n) is 1.24. The van der Waals surface area contributed by atoms with E-state index in [1.165, 1.54) is 18.6 Å². The maximum Gasteiger partial charge on any atom is 0.0132 e. The van der Waals surface area contributed by atoms with E-state index in [-0.39, 0.29) is 0 Å². The van der Waals surface area contributed by atoms with Gasteiger partial charge in [-0.15, -0.1) is 6.58 Å². The lowest BCUT2D eigenvalue weighted by Crippen LogP contribution is -2.14. The van der Waals surface area contributed by atoms with Gasteiger partial charge < -0.3 is 5.32 Å². The molecule has 10 heavy (non-hydrogen) atoms. The van der Waals surface area contributed by atoms with E-state index >= 15 is 0 Å². The summed E-state index contributed by atoms with van der Waals surface area (Å²) in [5.74, 6) is 1.29. The van der Waals surface area contributed by atoms with Crippen LogP contribution < -0.4 is 5.32 Å². The Morgan fingerprint density at radius 2 is 2.30 bits per heavy atom. The predicted octanol–water partition coefficient (Wildman–Crippen LogP) is 1.91. The number of hydrogen-bond acceptors (Lipinski definition) is 2. The molecule has 0 aromatic carbocycles. The SMILES string of the molecule is C=CCNCCCCSC. The van der Waals surface area contributed by atoms with E-state index in [4.69, 9.17) is 0 Å². The molecule has 0 rings (SSSR count). The minimum Gasteiger partial charge on any atom is -0.313 e. The second-order valence-corrected chi connectivity index (χ2v) is 3.18. The highest BCUT2D eigenvalue weighted by Crippen LogP contribution is 1.97. The van der Waals surface area contributed by atoms with Crippen LogP contribution in [0.1, 0.15) is 12.8 Å². The lowest BCUT2D eigenvalue weighted by Gasteiger charge is -1.99. The largest absolute Gasteiger partial charge is 0.313 e. The van der Waals surface area contributed by atoms with Crippen LogP contribution in [0.3, 0.4) is 0 Å². The van der Waals surface area contributed by atoms with E-state index in [1.807, 2.05) is 17.8 Å². The Kier molecular flexibility index (Phi) is 9.10. The van der Waals surface area contributed by atoms with Gasteiger partial charge in [0.25, 0.3) is 0 Å². The van der Waals surface area contributed by atoms with Crippen LogP contribution >= 0.6 is 11.8 Å². The second kappa shape index (κ2) is 9.05. The highest BCUT2D eigenvalue weighted by Gasteiger charge is 1.85. The molecule has 0 aliphatic heterocycles. The fourth-order valence-corrected chi connectivity index (χ4v) is 1.19. The summed E-state index contributed by atoms with van der Waals surface area (Å²) in [5.41, 5.74) is 0. The average molecular weight is 159 g/mol. The molecule has 0 atom stereocenters. The smallest absolute Gasteiger partial charge is 0.0132 e. The summed E-state index contributed by atoms with van der Waals surface area (Å²) in [4.78, 5) is 0. The molecule has 1 nitrogen and oxygen atoms in total. The molecule has 0 spiro atoms. The molecule has 2 heteroatoms. The molecule has 0 amide bonds. The third kappa shape index (κ3) is 8.05.